The van der Waals surface area contributed by atoms with Gasteiger partial charge in [-0.2, -0.15) is 0 Å². The number of carbonyl (C=O) groups is 2. The van der Waals surface area contributed by atoms with Gasteiger partial charge in [-0.1, -0.05) is 37.6 Å². The fraction of sp³-hybridized carbons (Fsp3) is 0.438. The predicted molar refractivity (Wildman–Crippen MR) is 157 cm³/mol. The number of hydrogen-bond acceptors (Lipinski definition) is 7. The van der Waals surface area contributed by atoms with Gasteiger partial charge < -0.3 is 20.5 Å². The number of amides is 1. The zero-order chi connectivity index (χ0) is 28.8. The molecule has 1 fully saturated rings. The highest BCUT2D eigenvalue weighted by atomic mass is 16.5. The molecule has 3 heterocycles. The molecule has 41 heavy (non-hydrogen) atoms. The highest BCUT2D eigenvalue weighted by Gasteiger charge is 2.47. The number of hydrogen-bond donors (Lipinski definition) is 2. The maximum absolute atomic E-state index is 14.0. The number of fused-ring (bicyclic) bond motifs is 1. The van der Waals surface area contributed by atoms with Crippen LogP contribution in [0.1, 0.15) is 54.6 Å². The Labute approximate surface area is 241 Å². The van der Waals surface area contributed by atoms with Crippen molar-refractivity contribution in [2.75, 3.05) is 31.1 Å². The van der Waals surface area contributed by atoms with Crippen molar-refractivity contribution in [2.45, 2.75) is 57.5 Å². The Hall–Kier alpha value is -3.82. The zero-order valence-electron chi connectivity index (χ0n) is 23.6. The third-order valence-electron chi connectivity index (χ3n) is 8.29. The maximum atomic E-state index is 14.0. The van der Waals surface area contributed by atoms with Crippen LogP contribution in [0.4, 0.5) is 5.69 Å². The number of likely N-dealkylation sites (tertiary alicyclic amines) is 1. The molecule has 0 bridgehead atoms. The normalized spacial score (nSPS) is 20.0. The number of rotatable bonds is 12. The van der Waals surface area contributed by atoms with Crippen LogP contribution >= 0.6 is 0 Å². The number of nitrogens with two attached hydrogens (primary N) is 1. The molecule has 0 radical (unpaired) electrons. The summed E-state index contributed by atoms with van der Waals surface area (Å²) in [5.41, 5.74) is 9.77. The van der Waals surface area contributed by atoms with Crippen LogP contribution in [-0.4, -0.2) is 64.1 Å². The van der Waals surface area contributed by atoms with E-state index >= 15 is 0 Å². The molecule has 3 aromatic rings. The Morgan fingerprint density at radius 3 is 2.73 bits per heavy atom. The van der Waals surface area contributed by atoms with E-state index in [0.717, 1.165) is 47.4 Å². The Morgan fingerprint density at radius 2 is 1.98 bits per heavy atom. The smallest absolute Gasteiger partial charge is 0.308 e. The van der Waals surface area contributed by atoms with Gasteiger partial charge in [-0.15, -0.1) is 0 Å². The van der Waals surface area contributed by atoms with Crippen LogP contribution < -0.4 is 15.4 Å². The number of carboxylic acid groups (broad SMARTS) is 1. The first-order valence-electron chi connectivity index (χ1n) is 14.6. The quantitative estimate of drug-likeness (QED) is 0.345. The molecule has 1 saturated heterocycles. The van der Waals surface area contributed by atoms with E-state index in [1.165, 1.54) is 0 Å². The lowest BCUT2D eigenvalue weighted by atomic mass is 9.83. The SMILES string of the molecule is CCCCN(C(=O)CN1CC(c2ccc3c(c2)CCO3)C(C(=O)O)C1CCc1ncccn1)c1cccc(CN)c1. The molecular weight excluding hydrogens is 518 g/mol. The van der Waals surface area contributed by atoms with Gasteiger partial charge in [0.05, 0.1) is 19.1 Å². The second-order valence-electron chi connectivity index (χ2n) is 10.9. The number of aromatic nitrogens is 2. The molecule has 2 aliphatic rings. The standard InChI is InChI=1S/C32H39N5O4/c1-2-3-15-37(25-7-4-6-22(17-25)19-33)30(38)21-36-20-26(23-8-10-28-24(18-23)12-16-41-28)31(32(39)40)27(36)9-11-29-34-13-5-14-35-29/h4-8,10,13-14,17-18,26-27,31H,2-3,9,11-12,15-16,19-21,33H2,1H3,(H,39,40). The molecule has 9 heteroatoms. The minimum Gasteiger partial charge on any atom is -0.493 e. The second-order valence-corrected chi connectivity index (χ2v) is 10.9. The highest BCUT2D eigenvalue weighted by Crippen LogP contribution is 2.41. The van der Waals surface area contributed by atoms with Gasteiger partial charge in [-0.05, 0) is 53.8 Å². The first kappa shape index (κ1) is 28.7. The summed E-state index contributed by atoms with van der Waals surface area (Å²) in [7, 11) is 0. The number of nitrogens with zero attached hydrogens (tertiary/aromatic N) is 4. The molecule has 1 aromatic heterocycles. The van der Waals surface area contributed by atoms with Gasteiger partial charge in [0.15, 0.2) is 0 Å². The maximum Gasteiger partial charge on any atom is 0.308 e. The molecule has 1 amide bonds. The summed E-state index contributed by atoms with van der Waals surface area (Å²) in [5, 5.41) is 10.5. The molecule has 3 unspecified atom stereocenters. The molecule has 0 saturated carbocycles. The summed E-state index contributed by atoms with van der Waals surface area (Å²) < 4.78 is 5.69. The monoisotopic (exact) mass is 557 g/mol. The molecule has 216 valence electrons. The topological polar surface area (TPSA) is 122 Å². The minimum atomic E-state index is -0.848. The van der Waals surface area contributed by atoms with Gasteiger partial charge in [0.25, 0.3) is 0 Å². The van der Waals surface area contributed by atoms with Crippen molar-refractivity contribution in [1.29, 1.82) is 0 Å². The number of aryl methyl sites for hydroxylation is 1. The molecule has 3 N–H and O–H groups in total. The third kappa shape index (κ3) is 6.57. The van der Waals surface area contributed by atoms with E-state index in [-0.39, 0.29) is 24.4 Å². The summed E-state index contributed by atoms with van der Waals surface area (Å²) in [6, 6.07) is 15.2. The Kier molecular flexibility index (Phi) is 9.26. The van der Waals surface area contributed by atoms with Crippen LogP contribution in [-0.2, 0) is 29.0 Å². The van der Waals surface area contributed by atoms with E-state index in [2.05, 4.69) is 27.9 Å². The van der Waals surface area contributed by atoms with E-state index in [1.807, 2.05) is 41.3 Å². The second kappa shape index (κ2) is 13.2. The molecule has 0 spiro atoms. The highest BCUT2D eigenvalue weighted by molar-refractivity contribution is 5.95. The van der Waals surface area contributed by atoms with E-state index < -0.39 is 11.9 Å². The van der Waals surface area contributed by atoms with Gasteiger partial charge in [-0.3, -0.25) is 14.5 Å². The van der Waals surface area contributed by atoms with Crippen LogP contribution in [0.25, 0.3) is 0 Å². The van der Waals surface area contributed by atoms with Crippen molar-refractivity contribution in [1.82, 2.24) is 14.9 Å². The van der Waals surface area contributed by atoms with Gasteiger partial charge in [0.1, 0.15) is 11.6 Å². The van der Waals surface area contributed by atoms with Crippen molar-refractivity contribution < 1.29 is 19.4 Å². The van der Waals surface area contributed by atoms with Crippen LogP contribution in [0.3, 0.4) is 0 Å². The summed E-state index contributed by atoms with van der Waals surface area (Å²) in [4.78, 5) is 39.4. The van der Waals surface area contributed by atoms with Gasteiger partial charge in [-0.25, -0.2) is 9.97 Å². The van der Waals surface area contributed by atoms with E-state index in [0.29, 0.717) is 44.9 Å². The summed E-state index contributed by atoms with van der Waals surface area (Å²) in [5.74, 6) is -0.270. The van der Waals surface area contributed by atoms with Gasteiger partial charge in [0.2, 0.25) is 5.91 Å². The molecule has 5 rings (SSSR count). The average molecular weight is 558 g/mol. The Morgan fingerprint density at radius 1 is 1.15 bits per heavy atom. The number of carbonyl (C=O) groups excluding carboxylic acids is 1. The van der Waals surface area contributed by atoms with Crippen LogP contribution in [0.15, 0.2) is 60.9 Å². The molecule has 0 aliphatic carbocycles. The molecule has 9 nitrogen and oxygen atoms in total. The Balaban J connectivity index is 1.44. The van der Waals surface area contributed by atoms with Crippen molar-refractivity contribution >= 4 is 17.6 Å². The van der Waals surface area contributed by atoms with E-state index in [9.17, 15) is 14.7 Å². The summed E-state index contributed by atoms with van der Waals surface area (Å²) in [6.45, 7) is 4.35. The van der Waals surface area contributed by atoms with Crippen molar-refractivity contribution in [2.24, 2.45) is 11.7 Å². The van der Waals surface area contributed by atoms with Crippen LogP contribution in [0.5, 0.6) is 5.75 Å². The van der Waals surface area contributed by atoms with E-state index in [1.54, 1.807) is 18.5 Å². The number of anilines is 1. The molecule has 3 atom stereocenters. The third-order valence-corrected chi connectivity index (χ3v) is 8.29. The van der Waals surface area contributed by atoms with Crippen LogP contribution in [0, 0.1) is 5.92 Å². The van der Waals surface area contributed by atoms with Crippen molar-refractivity contribution in [3.63, 3.8) is 0 Å². The van der Waals surface area contributed by atoms with Gasteiger partial charge >= 0.3 is 5.97 Å². The summed E-state index contributed by atoms with van der Waals surface area (Å²) >= 11 is 0. The fourth-order valence-electron chi connectivity index (χ4n) is 6.19. The first-order chi connectivity index (χ1) is 20.0. The average Bonchev–Trinajstić information content (AvgIpc) is 3.61. The lowest BCUT2D eigenvalue weighted by molar-refractivity contribution is -0.143. The first-order valence-corrected chi connectivity index (χ1v) is 14.6. The van der Waals surface area contributed by atoms with Crippen LogP contribution in [0.2, 0.25) is 0 Å². The lowest BCUT2D eigenvalue weighted by Gasteiger charge is -2.30. The largest absolute Gasteiger partial charge is 0.493 e. The molecule has 2 aliphatic heterocycles. The molecule has 2 aromatic carbocycles. The van der Waals surface area contributed by atoms with E-state index in [4.69, 9.17) is 10.5 Å². The predicted octanol–water partition coefficient (Wildman–Crippen LogP) is 3.80. The number of carboxylic acids is 1. The van der Waals surface area contributed by atoms with Crippen molar-refractivity contribution in [3.8, 4) is 5.75 Å². The number of benzene rings is 2. The zero-order valence-corrected chi connectivity index (χ0v) is 23.6. The van der Waals surface area contributed by atoms with Crippen molar-refractivity contribution in [3.05, 3.63) is 83.4 Å². The fourth-order valence-corrected chi connectivity index (χ4v) is 6.19. The lowest BCUT2D eigenvalue weighted by Crippen LogP contribution is -2.44. The minimum absolute atomic E-state index is 0.0410. The Bertz CT molecular complexity index is 1350. The number of ether oxygens (including phenoxy) is 1. The van der Waals surface area contributed by atoms with Gasteiger partial charge in [0, 0.05) is 62.5 Å². The number of aliphatic carboxylic acids is 1. The number of unbranched alkanes of at least 4 members (excludes halogenated alkanes) is 1. The summed E-state index contributed by atoms with van der Waals surface area (Å²) in [6.07, 6.45) is 7.10. The molecular formula is C32H39N5O4.